The van der Waals surface area contributed by atoms with Crippen LogP contribution in [0.15, 0.2) is 48.5 Å². The van der Waals surface area contributed by atoms with E-state index in [0.29, 0.717) is 24.1 Å². The highest BCUT2D eigenvalue weighted by Crippen LogP contribution is 2.35. The zero-order chi connectivity index (χ0) is 18.1. The van der Waals surface area contributed by atoms with Gasteiger partial charge in [0.05, 0.1) is 24.6 Å². The number of para-hydroxylation sites is 1. The van der Waals surface area contributed by atoms with E-state index < -0.39 is 17.7 Å². The molecule has 6 heteroatoms. The van der Waals surface area contributed by atoms with Gasteiger partial charge < -0.3 is 4.74 Å². The average Bonchev–Trinajstić information content (AvgIpc) is 3.05. The molecule has 2 heterocycles. The predicted octanol–water partition coefficient (Wildman–Crippen LogP) is 2.13. The standard InChI is InChI=1S/C20H17NO5/c22-10-17(23)19-15-6-2-1-5-13(15)9-21(19)26-12-14-11-25-18-8-4-3-7-16(18)20(14)24/h1-8,10,14,19H,9,11-12H2. The van der Waals surface area contributed by atoms with Crippen LogP contribution in [0.2, 0.25) is 0 Å². The zero-order valence-corrected chi connectivity index (χ0v) is 14.0. The van der Waals surface area contributed by atoms with Crippen molar-refractivity contribution in [2.75, 3.05) is 13.2 Å². The average molecular weight is 351 g/mol. The molecule has 0 amide bonds. The lowest BCUT2D eigenvalue weighted by Gasteiger charge is -2.27. The second-order valence-corrected chi connectivity index (χ2v) is 6.36. The molecule has 6 nitrogen and oxygen atoms in total. The quantitative estimate of drug-likeness (QED) is 0.607. The molecule has 0 bridgehead atoms. The first-order chi connectivity index (χ1) is 12.7. The molecule has 2 aromatic rings. The Labute approximate surface area is 150 Å². The predicted molar refractivity (Wildman–Crippen MR) is 91.5 cm³/mol. The van der Waals surface area contributed by atoms with Crippen molar-refractivity contribution in [2.45, 2.75) is 12.6 Å². The first kappa shape index (κ1) is 16.6. The number of hydroxylamine groups is 2. The Balaban J connectivity index is 1.49. The van der Waals surface area contributed by atoms with Gasteiger partial charge in [-0.05, 0) is 23.3 Å². The van der Waals surface area contributed by atoms with E-state index in [9.17, 15) is 14.4 Å². The molecule has 2 unspecified atom stereocenters. The Morgan fingerprint density at radius 2 is 1.96 bits per heavy atom. The van der Waals surface area contributed by atoms with E-state index in [4.69, 9.17) is 9.57 Å². The molecule has 0 radical (unpaired) electrons. The van der Waals surface area contributed by atoms with Crippen molar-refractivity contribution < 1.29 is 24.0 Å². The summed E-state index contributed by atoms with van der Waals surface area (Å²) in [4.78, 5) is 41.5. The van der Waals surface area contributed by atoms with Crippen LogP contribution in [0.25, 0.3) is 0 Å². The van der Waals surface area contributed by atoms with Crippen molar-refractivity contribution in [2.24, 2.45) is 5.92 Å². The van der Waals surface area contributed by atoms with Gasteiger partial charge in [-0.2, -0.15) is 5.06 Å². The van der Waals surface area contributed by atoms with Gasteiger partial charge in [0.1, 0.15) is 18.4 Å². The highest BCUT2D eigenvalue weighted by molar-refractivity contribution is 6.27. The lowest BCUT2D eigenvalue weighted by molar-refractivity contribution is -0.196. The topological polar surface area (TPSA) is 72.9 Å². The van der Waals surface area contributed by atoms with Gasteiger partial charge in [0.2, 0.25) is 5.78 Å². The van der Waals surface area contributed by atoms with Gasteiger partial charge >= 0.3 is 0 Å². The summed E-state index contributed by atoms with van der Waals surface area (Å²) < 4.78 is 5.64. The molecule has 0 aliphatic carbocycles. The number of hydrogen-bond donors (Lipinski definition) is 0. The smallest absolute Gasteiger partial charge is 0.219 e. The van der Waals surface area contributed by atoms with Gasteiger partial charge in [0.25, 0.3) is 0 Å². The Kier molecular flexibility index (Phi) is 4.36. The number of ether oxygens (including phenoxy) is 1. The highest BCUT2D eigenvalue weighted by atomic mass is 16.7. The summed E-state index contributed by atoms with van der Waals surface area (Å²) in [5.41, 5.74) is 2.24. The molecule has 2 aliphatic rings. The summed E-state index contributed by atoms with van der Waals surface area (Å²) in [6.07, 6.45) is 0.314. The lowest BCUT2D eigenvalue weighted by Crippen LogP contribution is -2.36. The summed E-state index contributed by atoms with van der Waals surface area (Å²) in [5.74, 6) is -0.481. The minimum Gasteiger partial charge on any atom is -0.492 e. The highest BCUT2D eigenvalue weighted by Gasteiger charge is 2.37. The van der Waals surface area contributed by atoms with Crippen LogP contribution < -0.4 is 4.74 Å². The molecule has 2 aliphatic heterocycles. The summed E-state index contributed by atoms with van der Waals surface area (Å²) in [6.45, 7) is 0.700. The maximum absolute atomic E-state index is 12.6. The van der Waals surface area contributed by atoms with Crippen LogP contribution in [-0.4, -0.2) is 36.1 Å². The number of Topliss-reactive ketones (excluding diaryl/α,β-unsaturated/α-hetero) is 2. The SMILES string of the molecule is O=CC(=O)C1c2ccccc2CN1OCC1COc2ccccc2C1=O. The Hall–Kier alpha value is -2.83. The van der Waals surface area contributed by atoms with E-state index >= 15 is 0 Å². The first-order valence-electron chi connectivity index (χ1n) is 8.41. The third-order valence-corrected chi connectivity index (χ3v) is 4.75. The van der Waals surface area contributed by atoms with E-state index in [-0.39, 0.29) is 19.0 Å². The number of aldehydes is 1. The Morgan fingerprint density at radius 1 is 1.19 bits per heavy atom. The fourth-order valence-electron chi connectivity index (χ4n) is 3.43. The molecule has 2 atom stereocenters. The van der Waals surface area contributed by atoms with Crippen LogP contribution in [0.1, 0.15) is 27.5 Å². The van der Waals surface area contributed by atoms with Crippen LogP contribution in [-0.2, 0) is 21.0 Å². The van der Waals surface area contributed by atoms with E-state index in [1.54, 1.807) is 18.2 Å². The van der Waals surface area contributed by atoms with Crippen LogP contribution in [0.3, 0.4) is 0 Å². The van der Waals surface area contributed by atoms with Gasteiger partial charge in [-0.15, -0.1) is 0 Å². The third-order valence-electron chi connectivity index (χ3n) is 4.75. The second-order valence-electron chi connectivity index (χ2n) is 6.36. The fraction of sp³-hybridized carbons (Fsp3) is 0.250. The molecule has 26 heavy (non-hydrogen) atoms. The molecule has 0 aromatic heterocycles. The van der Waals surface area contributed by atoms with E-state index in [2.05, 4.69) is 0 Å². The molecule has 2 aromatic carbocycles. The van der Waals surface area contributed by atoms with E-state index in [1.165, 1.54) is 5.06 Å². The molecule has 0 saturated carbocycles. The van der Waals surface area contributed by atoms with Gasteiger partial charge in [0, 0.05) is 0 Å². The van der Waals surface area contributed by atoms with Gasteiger partial charge in [-0.1, -0.05) is 36.4 Å². The number of carbonyl (C=O) groups is 3. The maximum atomic E-state index is 12.6. The minimum atomic E-state index is -0.768. The normalized spacial score (nSPS) is 21.6. The van der Waals surface area contributed by atoms with Crippen molar-refractivity contribution >= 4 is 17.9 Å². The second kappa shape index (κ2) is 6.82. The molecule has 0 spiro atoms. The summed E-state index contributed by atoms with van der Waals surface area (Å²) >= 11 is 0. The monoisotopic (exact) mass is 351 g/mol. The molecule has 4 rings (SSSR count). The maximum Gasteiger partial charge on any atom is 0.219 e. The number of rotatable bonds is 5. The summed E-state index contributed by atoms with van der Waals surface area (Å²) in [6, 6.07) is 13.7. The number of benzene rings is 2. The minimum absolute atomic E-state index is 0.0400. The van der Waals surface area contributed by atoms with Gasteiger partial charge in [-0.25, -0.2) is 0 Å². The molecule has 0 saturated heterocycles. The van der Waals surface area contributed by atoms with Crippen molar-refractivity contribution in [3.63, 3.8) is 0 Å². The van der Waals surface area contributed by atoms with Crippen molar-refractivity contribution in [3.8, 4) is 5.75 Å². The molecule has 0 N–H and O–H groups in total. The van der Waals surface area contributed by atoms with Gasteiger partial charge in [-0.3, -0.25) is 19.2 Å². The van der Waals surface area contributed by atoms with Gasteiger partial charge in [0.15, 0.2) is 12.1 Å². The third kappa shape index (κ3) is 2.83. The van der Waals surface area contributed by atoms with Crippen molar-refractivity contribution in [1.82, 2.24) is 5.06 Å². The number of fused-ring (bicyclic) bond motifs is 2. The number of ketones is 2. The largest absolute Gasteiger partial charge is 0.492 e. The van der Waals surface area contributed by atoms with Crippen LogP contribution in [0, 0.1) is 5.92 Å². The molecule has 0 fully saturated rings. The van der Waals surface area contributed by atoms with E-state index in [0.717, 1.165) is 11.1 Å². The number of hydrogen-bond acceptors (Lipinski definition) is 6. The summed E-state index contributed by atoms with van der Waals surface area (Å²) in [5, 5.41) is 1.48. The van der Waals surface area contributed by atoms with Crippen LogP contribution in [0.5, 0.6) is 5.75 Å². The lowest BCUT2D eigenvalue weighted by atomic mass is 9.96. The summed E-state index contributed by atoms with van der Waals surface area (Å²) in [7, 11) is 0. The zero-order valence-electron chi connectivity index (χ0n) is 14.0. The molecule has 132 valence electrons. The molecular formula is C20H17NO5. The Bertz CT molecular complexity index is 878. The first-order valence-corrected chi connectivity index (χ1v) is 8.41. The number of nitrogens with zero attached hydrogens (tertiary/aromatic N) is 1. The Morgan fingerprint density at radius 3 is 2.81 bits per heavy atom. The van der Waals surface area contributed by atoms with Crippen LogP contribution in [0.4, 0.5) is 0 Å². The molecular weight excluding hydrogens is 334 g/mol. The fourth-order valence-corrected chi connectivity index (χ4v) is 3.43. The van der Waals surface area contributed by atoms with Crippen molar-refractivity contribution in [1.29, 1.82) is 0 Å². The number of carbonyl (C=O) groups excluding carboxylic acids is 3. The van der Waals surface area contributed by atoms with Crippen LogP contribution >= 0.6 is 0 Å². The van der Waals surface area contributed by atoms with E-state index in [1.807, 2.05) is 30.3 Å². The van der Waals surface area contributed by atoms with Crippen molar-refractivity contribution in [3.05, 3.63) is 65.2 Å².